The van der Waals surface area contributed by atoms with Crippen molar-refractivity contribution in [2.45, 2.75) is 83.5 Å². The highest BCUT2D eigenvalue weighted by Gasteiger charge is 2.53. The van der Waals surface area contributed by atoms with Gasteiger partial charge in [-0.15, -0.1) is 0 Å². The van der Waals surface area contributed by atoms with E-state index in [2.05, 4.69) is 24.1 Å². The lowest BCUT2D eigenvalue weighted by Gasteiger charge is -2.45. The lowest BCUT2D eigenvalue weighted by atomic mass is 9.87. The monoisotopic (exact) mass is 282 g/mol. The molecule has 1 aliphatic carbocycles. The van der Waals surface area contributed by atoms with Crippen molar-refractivity contribution >= 4 is 5.97 Å². The highest BCUT2D eigenvalue weighted by atomic mass is 16.4. The van der Waals surface area contributed by atoms with Crippen LogP contribution in [0.15, 0.2) is 0 Å². The molecular weight excluding hydrogens is 252 g/mol. The van der Waals surface area contributed by atoms with Crippen molar-refractivity contribution in [3.63, 3.8) is 0 Å². The molecule has 0 bridgehead atoms. The molecule has 2 fully saturated rings. The first-order valence-electron chi connectivity index (χ1n) is 8.13. The van der Waals surface area contributed by atoms with Gasteiger partial charge < -0.3 is 5.11 Å². The molecule has 4 nitrogen and oxygen atoms in total. The second-order valence-corrected chi connectivity index (χ2v) is 7.15. The lowest BCUT2D eigenvalue weighted by molar-refractivity contribution is -0.148. The van der Waals surface area contributed by atoms with Gasteiger partial charge in [0.05, 0.1) is 0 Å². The van der Waals surface area contributed by atoms with Gasteiger partial charge in [0.2, 0.25) is 0 Å². The van der Waals surface area contributed by atoms with Crippen LogP contribution in [0.3, 0.4) is 0 Å². The number of nitrogens with one attached hydrogen (secondary N) is 1. The minimum atomic E-state index is -0.756. The molecule has 1 saturated heterocycles. The van der Waals surface area contributed by atoms with E-state index in [1.807, 2.05) is 13.8 Å². The molecule has 4 heteroatoms. The maximum atomic E-state index is 12.0. The zero-order valence-electron chi connectivity index (χ0n) is 13.4. The maximum absolute atomic E-state index is 12.0. The standard InChI is InChI=1S/C16H30N2O2/c1-11(2)17-16(15(19)20,14-8-9-14)10-18-12(3)6-5-7-13(18)4/h11-14,17H,5-10H2,1-4H3,(H,19,20). The highest BCUT2D eigenvalue weighted by Crippen LogP contribution is 2.42. The highest BCUT2D eigenvalue weighted by molar-refractivity contribution is 5.80. The Hall–Kier alpha value is -0.610. The molecule has 3 atom stereocenters. The first kappa shape index (κ1) is 15.8. The van der Waals surface area contributed by atoms with Gasteiger partial charge >= 0.3 is 5.97 Å². The first-order chi connectivity index (χ1) is 9.36. The molecule has 0 spiro atoms. The maximum Gasteiger partial charge on any atom is 0.325 e. The Morgan fingerprint density at radius 2 is 1.80 bits per heavy atom. The second kappa shape index (κ2) is 6.02. The van der Waals surface area contributed by atoms with Crippen LogP contribution in [0.1, 0.15) is 59.8 Å². The summed E-state index contributed by atoms with van der Waals surface area (Å²) >= 11 is 0. The number of carboxylic acid groups (broad SMARTS) is 1. The normalized spacial score (nSPS) is 31.2. The zero-order valence-corrected chi connectivity index (χ0v) is 13.4. The quantitative estimate of drug-likeness (QED) is 0.786. The summed E-state index contributed by atoms with van der Waals surface area (Å²) in [5, 5.41) is 13.3. The molecule has 0 amide bonds. The zero-order chi connectivity index (χ0) is 14.9. The molecule has 1 aliphatic heterocycles. The first-order valence-corrected chi connectivity index (χ1v) is 8.13. The third kappa shape index (κ3) is 3.17. The average molecular weight is 282 g/mol. The number of likely N-dealkylation sites (tertiary alicyclic amines) is 1. The largest absolute Gasteiger partial charge is 0.480 e. The number of carbonyl (C=O) groups is 1. The molecule has 2 aliphatic rings. The summed E-state index contributed by atoms with van der Waals surface area (Å²) in [5.41, 5.74) is -0.756. The number of aliphatic carboxylic acids is 1. The molecule has 0 aromatic heterocycles. The fourth-order valence-electron chi connectivity index (χ4n) is 3.76. The van der Waals surface area contributed by atoms with Crippen LogP contribution < -0.4 is 5.32 Å². The summed E-state index contributed by atoms with van der Waals surface area (Å²) < 4.78 is 0. The van der Waals surface area contributed by atoms with E-state index in [-0.39, 0.29) is 6.04 Å². The van der Waals surface area contributed by atoms with Crippen molar-refractivity contribution in [1.82, 2.24) is 10.2 Å². The summed E-state index contributed by atoms with van der Waals surface area (Å²) in [6, 6.07) is 1.18. The molecular formula is C16H30N2O2. The molecule has 0 radical (unpaired) electrons. The van der Waals surface area contributed by atoms with Crippen molar-refractivity contribution in [3.05, 3.63) is 0 Å². The third-order valence-corrected chi connectivity index (χ3v) is 5.01. The van der Waals surface area contributed by atoms with E-state index < -0.39 is 11.5 Å². The van der Waals surface area contributed by atoms with Gasteiger partial charge in [0.15, 0.2) is 0 Å². The van der Waals surface area contributed by atoms with Gasteiger partial charge in [0, 0.05) is 24.7 Å². The van der Waals surface area contributed by atoms with Gasteiger partial charge in [-0.25, -0.2) is 0 Å². The topological polar surface area (TPSA) is 52.6 Å². The van der Waals surface area contributed by atoms with Gasteiger partial charge in [-0.1, -0.05) is 6.42 Å². The Morgan fingerprint density at radius 3 is 2.20 bits per heavy atom. The van der Waals surface area contributed by atoms with Crippen molar-refractivity contribution in [2.75, 3.05) is 6.54 Å². The molecule has 3 unspecified atom stereocenters. The minimum absolute atomic E-state index is 0.196. The van der Waals surface area contributed by atoms with Crippen molar-refractivity contribution < 1.29 is 9.90 Å². The average Bonchev–Trinajstić information content (AvgIpc) is 3.16. The van der Waals surface area contributed by atoms with Crippen LogP contribution in [0.5, 0.6) is 0 Å². The van der Waals surface area contributed by atoms with Crippen LogP contribution in [-0.2, 0) is 4.79 Å². The van der Waals surface area contributed by atoms with Gasteiger partial charge in [-0.2, -0.15) is 0 Å². The predicted molar refractivity (Wildman–Crippen MR) is 80.8 cm³/mol. The molecule has 2 rings (SSSR count). The summed E-state index contributed by atoms with van der Waals surface area (Å²) in [6.07, 6.45) is 5.73. The van der Waals surface area contributed by atoms with Gasteiger partial charge in [0.25, 0.3) is 0 Å². The molecule has 2 N–H and O–H groups in total. The van der Waals surface area contributed by atoms with Gasteiger partial charge in [0.1, 0.15) is 5.54 Å². The fraction of sp³-hybridized carbons (Fsp3) is 0.938. The summed E-state index contributed by atoms with van der Waals surface area (Å²) in [4.78, 5) is 14.5. The molecule has 1 heterocycles. The summed E-state index contributed by atoms with van der Waals surface area (Å²) in [6.45, 7) is 9.22. The number of rotatable bonds is 6. The van der Waals surface area contributed by atoms with E-state index in [9.17, 15) is 9.90 Å². The van der Waals surface area contributed by atoms with Crippen LogP contribution in [0.4, 0.5) is 0 Å². The van der Waals surface area contributed by atoms with E-state index in [1.165, 1.54) is 19.3 Å². The Labute approximate surface area is 122 Å². The van der Waals surface area contributed by atoms with Crippen molar-refractivity contribution in [2.24, 2.45) is 5.92 Å². The number of hydrogen-bond acceptors (Lipinski definition) is 3. The van der Waals surface area contributed by atoms with Crippen LogP contribution in [0.25, 0.3) is 0 Å². The second-order valence-electron chi connectivity index (χ2n) is 7.15. The van der Waals surface area contributed by atoms with E-state index in [1.54, 1.807) is 0 Å². The van der Waals surface area contributed by atoms with E-state index in [4.69, 9.17) is 0 Å². The Morgan fingerprint density at radius 1 is 1.25 bits per heavy atom. The van der Waals surface area contributed by atoms with Gasteiger partial charge in [-0.05, 0) is 59.3 Å². The fourth-order valence-corrected chi connectivity index (χ4v) is 3.76. The minimum Gasteiger partial charge on any atom is -0.480 e. The van der Waals surface area contributed by atoms with E-state index in [0.29, 0.717) is 24.5 Å². The van der Waals surface area contributed by atoms with Crippen LogP contribution in [0.2, 0.25) is 0 Å². The molecule has 0 aromatic rings. The van der Waals surface area contributed by atoms with Crippen molar-refractivity contribution in [1.29, 1.82) is 0 Å². The molecule has 0 aromatic carbocycles. The molecule has 116 valence electrons. The van der Waals surface area contributed by atoms with E-state index in [0.717, 1.165) is 12.8 Å². The predicted octanol–water partition coefficient (Wildman–Crippen LogP) is 2.48. The van der Waals surface area contributed by atoms with Crippen LogP contribution in [0, 0.1) is 5.92 Å². The third-order valence-electron chi connectivity index (χ3n) is 5.01. The van der Waals surface area contributed by atoms with Crippen LogP contribution in [-0.4, -0.2) is 46.2 Å². The smallest absolute Gasteiger partial charge is 0.325 e. The Bertz CT molecular complexity index is 344. The van der Waals surface area contributed by atoms with Crippen molar-refractivity contribution in [3.8, 4) is 0 Å². The molecule has 20 heavy (non-hydrogen) atoms. The van der Waals surface area contributed by atoms with Gasteiger partial charge in [-0.3, -0.25) is 15.0 Å². The number of hydrogen-bond donors (Lipinski definition) is 2. The van der Waals surface area contributed by atoms with E-state index >= 15 is 0 Å². The Kier molecular flexibility index (Phi) is 4.75. The Balaban J connectivity index is 2.19. The summed E-state index contributed by atoms with van der Waals surface area (Å²) in [7, 11) is 0. The number of piperidine rings is 1. The SMILES string of the molecule is CC(C)NC(CN1C(C)CCCC1C)(C(=O)O)C1CC1. The lowest BCUT2D eigenvalue weighted by Crippen LogP contribution is -2.65. The number of nitrogens with zero attached hydrogens (tertiary/aromatic N) is 1. The number of carboxylic acids is 1. The van der Waals surface area contributed by atoms with Crippen LogP contribution >= 0.6 is 0 Å². The molecule has 1 saturated carbocycles. The summed E-state index contributed by atoms with van der Waals surface area (Å²) in [5.74, 6) is -0.373.